The first-order valence-electron chi connectivity index (χ1n) is 8.18. The predicted octanol–water partition coefficient (Wildman–Crippen LogP) is 4.06. The molecule has 0 heterocycles. The molecule has 0 N–H and O–H groups in total. The molecule has 0 fully saturated rings. The standard InChI is InChI=1S/C18H29NO/c1-4-11-19(12-5-2)17-8-6-7-15-14-18(20-3)10-9-16(15)13-17/h9-10,14,17H,4-8,11-13H2,1-3H3. The first-order chi connectivity index (χ1) is 9.78. The van der Waals surface area contributed by atoms with E-state index in [0.717, 1.165) is 11.8 Å². The zero-order valence-corrected chi connectivity index (χ0v) is 13.3. The maximum Gasteiger partial charge on any atom is 0.119 e. The fraction of sp³-hybridized carbons (Fsp3) is 0.667. The highest BCUT2D eigenvalue weighted by Gasteiger charge is 2.21. The number of benzene rings is 1. The van der Waals surface area contributed by atoms with Gasteiger partial charge in [-0.25, -0.2) is 0 Å². The summed E-state index contributed by atoms with van der Waals surface area (Å²) in [6, 6.07) is 7.36. The van der Waals surface area contributed by atoms with Gasteiger partial charge in [0.15, 0.2) is 0 Å². The molecule has 1 atom stereocenters. The van der Waals surface area contributed by atoms with Crippen molar-refractivity contribution in [2.75, 3.05) is 20.2 Å². The van der Waals surface area contributed by atoms with Crippen LogP contribution in [-0.4, -0.2) is 31.1 Å². The third kappa shape index (κ3) is 3.76. The van der Waals surface area contributed by atoms with Crippen LogP contribution in [0.4, 0.5) is 0 Å². The molecule has 1 unspecified atom stereocenters. The highest BCUT2D eigenvalue weighted by Crippen LogP contribution is 2.27. The number of hydrogen-bond acceptors (Lipinski definition) is 2. The SMILES string of the molecule is CCCN(CCC)C1CCCc2cc(OC)ccc2C1. The molecule has 1 aliphatic rings. The van der Waals surface area contributed by atoms with Gasteiger partial charge >= 0.3 is 0 Å². The summed E-state index contributed by atoms with van der Waals surface area (Å²) in [7, 11) is 1.76. The zero-order chi connectivity index (χ0) is 14.4. The number of ether oxygens (including phenoxy) is 1. The third-order valence-corrected chi connectivity index (χ3v) is 4.39. The summed E-state index contributed by atoms with van der Waals surface area (Å²) in [4.78, 5) is 2.71. The van der Waals surface area contributed by atoms with Gasteiger partial charge in [0, 0.05) is 6.04 Å². The van der Waals surface area contributed by atoms with E-state index < -0.39 is 0 Å². The Morgan fingerprint density at radius 2 is 1.90 bits per heavy atom. The molecule has 0 aliphatic heterocycles. The molecule has 20 heavy (non-hydrogen) atoms. The van der Waals surface area contributed by atoms with Crippen molar-refractivity contribution >= 4 is 0 Å². The highest BCUT2D eigenvalue weighted by atomic mass is 16.5. The van der Waals surface area contributed by atoms with Crippen molar-refractivity contribution in [2.24, 2.45) is 0 Å². The van der Waals surface area contributed by atoms with Gasteiger partial charge in [0.1, 0.15) is 5.75 Å². The van der Waals surface area contributed by atoms with Crippen LogP contribution in [0.3, 0.4) is 0 Å². The molecule has 1 aromatic carbocycles. The molecule has 1 aromatic rings. The lowest BCUT2D eigenvalue weighted by Crippen LogP contribution is -2.37. The number of nitrogens with zero attached hydrogens (tertiary/aromatic N) is 1. The minimum atomic E-state index is 0.726. The normalized spacial score (nSPS) is 18.7. The second-order valence-corrected chi connectivity index (χ2v) is 5.92. The van der Waals surface area contributed by atoms with Crippen LogP contribution >= 0.6 is 0 Å². The van der Waals surface area contributed by atoms with Gasteiger partial charge in [-0.05, 0) is 74.9 Å². The second kappa shape index (κ2) is 7.68. The van der Waals surface area contributed by atoms with Gasteiger partial charge in [-0.1, -0.05) is 19.9 Å². The lowest BCUT2D eigenvalue weighted by atomic mass is 10.0. The van der Waals surface area contributed by atoms with Crippen molar-refractivity contribution in [3.05, 3.63) is 29.3 Å². The van der Waals surface area contributed by atoms with Gasteiger partial charge in [0.25, 0.3) is 0 Å². The Kier molecular flexibility index (Phi) is 5.90. The molecule has 0 radical (unpaired) electrons. The van der Waals surface area contributed by atoms with Crippen LogP contribution in [0.1, 0.15) is 50.7 Å². The molecule has 0 saturated carbocycles. The van der Waals surface area contributed by atoms with Crippen molar-refractivity contribution in [2.45, 2.75) is 58.4 Å². The number of methoxy groups -OCH3 is 1. The van der Waals surface area contributed by atoms with Crippen molar-refractivity contribution in [3.63, 3.8) is 0 Å². The van der Waals surface area contributed by atoms with Crippen LogP contribution in [0.5, 0.6) is 5.75 Å². The topological polar surface area (TPSA) is 12.5 Å². The summed E-state index contributed by atoms with van der Waals surface area (Å²) in [5, 5.41) is 0. The molecule has 0 spiro atoms. The van der Waals surface area contributed by atoms with E-state index in [-0.39, 0.29) is 0 Å². The molecule has 1 aliphatic carbocycles. The minimum Gasteiger partial charge on any atom is -0.497 e. The Labute approximate surface area is 124 Å². The lowest BCUT2D eigenvalue weighted by molar-refractivity contribution is 0.185. The largest absolute Gasteiger partial charge is 0.497 e. The van der Waals surface area contributed by atoms with Crippen LogP contribution in [0.25, 0.3) is 0 Å². The second-order valence-electron chi connectivity index (χ2n) is 5.92. The van der Waals surface area contributed by atoms with Gasteiger partial charge in [-0.3, -0.25) is 0 Å². The fourth-order valence-corrected chi connectivity index (χ4v) is 3.41. The molecule has 2 heteroatoms. The Bertz CT molecular complexity index is 410. The Hall–Kier alpha value is -1.02. The van der Waals surface area contributed by atoms with E-state index in [1.54, 1.807) is 7.11 Å². The molecule has 0 amide bonds. The van der Waals surface area contributed by atoms with Crippen LogP contribution in [-0.2, 0) is 12.8 Å². The molecule has 112 valence electrons. The lowest BCUT2D eigenvalue weighted by Gasteiger charge is -2.30. The Morgan fingerprint density at radius 3 is 2.55 bits per heavy atom. The number of hydrogen-bond donors (Lipinski definition) is 0. The van der Waals surface area contributed by atoms with E-state index in [2.05, 4.69) is 36.9 Å². The van der Waals surface area contributed by atoms with Crippen molar-refractivity contribution in [1.82, 2.24) is 4.90 Å². The van der Waals surface area contributed by atoms with Crippen molar-refractivity contribution in [3.8, 4) is 5.75 Å². The molecule has 2 rings (SSSR count). The summed E-state index contributed by atoms with van der Waals surface area (Å²) in [6.45, 7) is 7.06. The first kappa shape index (κ1) is 15.4. The molecule has 0 saturated heterocycles. The van der Waals surface area contributed by atoms with E-state index in [1.807, 2.05) is 0 Å². The van der Waals surface area contributed by atoms with E-state index in [9.17, 15) is 0 Å². The Balaban J connectivity index is 2.14. The van der Waals surface area contributed by atoms with E-state index >= 15 is 0 Å². The minimum absolute atomic E-state index is 0.726. The summed E-state index contributed by atoms with van der Waals surface area (Å²) in [6.07, 6.45) is 7.55. The van der Waals surface area contributed by atoms with Crippen LogP contribution in [0.15, 0.2) is 18.2 Å². The summed E-state index contributed by atoms with van der Waals surface area (Å²) >= 11 is 0. The third-order valence-electron chi connectivity index (χ3n) is 4.39. The number of aryl methyl sites for hydroxylation is 1. The van der Waals surface area contributed by atoms with E-state index in [0.29, 0.717) is 0 Å². The number of rotatable bonds is 6. The quantitative estimate of drug-likeness (QED) is 0.726. The average Bonchev–Trinajstić information content (AvgIpc) is 2.68. The molecule has 2 nitrogen and oxygen atoms in total. The summed E-state index contributed by atoms with van der Waals surface area (Å²) < 4.78 is 5.36. The van der Waals surface area contributed by atoms with Gasteiger partial charge in [-0.2, -0.15) is 0 Å². The van der Waals surface area contributed by atoms with E-state index in [4.69, 9.17) is 4.74 Å². The van der Waals surface area contributed by atoms with E-state index in [1.165, 1.54) is 62.7 Å². The molecular formula is C18H29NO. The van der Waals surface area contributed by atoms with Gasteiger partial charge in [0.05, 0.1) is 7.11 Å². The summed E-state index contributed by atoms with van der Waals surface area (Å²) in [5.41, 5.74) is 3.03. The predicted molar refractivity (Wildman–Crippen MR) is 85.6 cm³/mol. The maximum absolute atomic E-state index is 5.36. The van der Waals surface area contributed by atoms with Gasteiger partial charge in [0.2, 0.25) is 0 Å². The molecular weight excluding hydrogens is 246 g/mol. The van der Waals surface area contributed by atoms with Gasteiger partial charge in [-0.15, -0.1) is 0 Å². The summed E-state index contributed by atoms with van der Waals surface area (Å²) in [5.74, 6) is 1.00. The zero-order valence-electron chi connectivity index (χ0n) is 13.3. The molecule has 0 bridgehead atoms. The number of fused-ring (bicyclic) bond motifs is 1. The molecule has 0 aromatic heterocycles. The van der Waals surface area contributed by atoms with Crippen LogP contribution < -0.4 is 4.74 Å². The monoisotopic (exact) mass is 275 g/mol. The van der Waals surface area contributed by atoms with Crippen LogP contribution in [0.2, 0.25) is 0 Å². The highest BCUT2D eigenvalue weighted by molar-refractivity contribution is 5.37. The smallest absolute Gasteiger partial charge is 0.119 e. The Morgan fingerprint density at radius 1 is 1.15 bits per heavy atom. The maximum atomic E-state index is 5.36. The van der Waals surface area contributed by atoms with Gasteiger partial charge < -0.3 is 9.64 Å². The van der Waals surface area contributed by atoms with Crippen LogP contribution in [0, 0.1) is 0 Å². The average molecular weight is 275 g/mol. The first-order valence-corrected chi connectivity index (χ1v) is 8.18. The fourth-order valence-electron chi connectivity index (χ4n) is 3.41. The van der Waals surface area contributed by atoms with Crippen molar-refractivity contribution in [1.29, 1.82) is 0 Å². The van der Waals surface area contributed by atoms with Crippen molar-refractivity contribution < 1.29 is 4.74 Å².